The fraction of sp³-hybridized carbons (Fsp3) is 0.360. The molecule has 7 heteroatoms. The van der Waals surface area contributed by atoms with Crippen LogP contribution in [0.15, 0.2) is 58.8 Å². The van der Waals surface area contributed by atoms with E-state index in [1.807, 2.05) is 67.3 Å². The fourth-order valence-electron chi connectivity index (χ4n) is 3.74. The highest BCUT2D eigenvalue weighted by molar-refractivity contribution is 7.98. The Balaban J connectivity index is 1.36. The fourth-order valence-corrected chi connectivity index (χ4v) is 5.40. The van der Waals surface area contributed by atoms with Crippen molar-refractivity contribution in [3.05, 3.63) is 70.2 Å². The normalized spacial score (nSPS) is 14.4. The van der Waals surface area contributed by atoms with Gasteiger partial charge in [-0.25, -0.2) is 4.98 Å². The van der Waals surface area contributed by atoms with Gasteiger partial charge in [-0.1, -0.05) is 24.3 Å². The minimum absolute atomic E-state index is 0.0816. The van der Waals surface area contributed by atoms with Crippen LogP contribution < -0.4 is 9.47 Å². The molecule has 0 aliphatic carbocycles. The topological polar surface area (TPSA) is 51.7 Å². The molecule has 0 atom stereocenters. The maximum atomic E-state index is 13.3. The number of aryl methyl sites for hydroxylation is 1. The first-order chi connectivity index (χ1) is 15.6. The number of thiazole rings is 1. The van der Waals surface area contributed by atoms with Crippen LogP contribution >= 0.6 is 23.1 Å². The summed E-state index contributed by atoms with van der Waals surface area (Å²) in [6.07, 6.45) is 1.69. The highest BCUT2D eigenvalue weighted by Gasteiger charge is 2.26. The van der Waals surface area contributed by atoms with Gasteiger partial charge in [-0.05, 0) is 38.1 Å². The lowest BCUT2D eigenvalue weighted by Gasteiger charge is -2.32. The third-order valence-electron chi connectivity index (χ3n) is 5.33. The minimum atomic E-state index is 0.0816. The van der Waals surface area contributed by atoms with Crippen LogP contribution in [0.5, 0.6) is 11.5 Å². The van der Waals surface area contributed by atoms with Crippen LogP contribution in [-0.4, -0.2) is 41.6 Å². The molecule has 0 radical (unpaired) electrons. The number of para-hydroxylation sites is 2. The Kier molecular flexibility index (Phi) is 7.71. The third-order valence-corrected chi connectivity index (χ3v) is 7.26. The molecular formula is C25H28N2O3S2. The number of aromatic nitrogens is 1. The molecule has 1 aliphatic rings. The van der Waals surface area contributed by atoms with Crippen molar-refractivity contribution in [2.75, 3.05) is 19.7 Å². The predicted molar refractivity (Wildman–Crippen MR) is 130 cm³/mol. The van der Waals surface area contributed by atoms with Crippen molar-refractivity contribution in [2.45, 2.75) is 43.4 Å². The summed E-state index contributed by atoms with van der Waals surface area (Å²) in [5.41, 5.74) is 1.83. The molecule has 3 aromatic rings. The molecule has 1 fully saturated rings. The van der Waals surface area contributed by atoms with E-state index in [4.69, 9.17) is 9.47 Å². The smallest absolute Gasteiger partial charge is 0.254 e. The number of hydrogen-bond acceptors (Lipinski definition) is 6. The molecule has 1 amide bonds. The molecule has 0 saturated carbocycles. The molecule has 1 aliphatic heterocycles. The molecule has 0 N–H and O–H groups in total. The molecule has 32 heavy (non-hydrogen) atoms. The summed E-state index contributed by atoms with van der Waals surface area (Å²) in [4.78, 5) is 20.8. The minimum Gasteiger partial charge on any atom is -0.490 e. The lowest BCUT2D eigenvalue weighted by molar-refractivity contribution is 0.0586. The highest BCUT2D eigenvalue weighted by atomic mass is 32.2. The molecule has 0 bridgehead atoms. The molecule has 1 saturated heterocycles. The van der Waals surface area contributed by atoms with Gasteiger partial charge in [0, 0.05) is 42.0 Å². The van der Waals surface area contributed by atoms with Crippen LogP contribution in [0.4, 0.5) is 0 Å². The lowest BCUT2D eigenvalue weighted by Crippen LogP contribution is -2.42. The van der Waals surface area contributed by atoms with Crippen molar-refractivity contribution < 1.29 is 14.3 Å². The van der Waals surface area contributed by atoms with E-state index in [2.05, 4.69) is 10.4 Å². The van der Waals surface area contributed by atoms with E-state index < -0.39 is 0 Å². The highest BCUT2D eigenvalue weighted by Crippen LogP contribution is 2.31. The van der Waals surface area contributed by atoms with Gasteiger partial charge in [0.15, 0.2) is 11.5 Å². The van der Waals surface area contributed by atoms with E-state index in [0.29, 0.717) is 19.7 Å². The monoisotopic (exact) mass is 468 g/mol. The number of nitrogens with zero attached hydrogens (tertiary/aromatic N) is 2. The standard InChI is InChI=1S/C25H28N2O3S2/c1-3-29-22-9-5-6-10-23(22)30-20-12-14-27(15-13-20)25(28)21-8-4-7-11-24(21)32-17-19-16-31-18(2)26-19/h4-11,16,20H,3,12-15,17H2,1-2H3. The average molecular weight is 469 g/mol. The number of hydrogen-bond donors (Lipinski definition) is 0. The number of rotatable bonds is 8. The number of benzene rings is 2. The molecule has 0 unspecified atom stereocenters. The Labute approximate surface area is 197 Å². The van der Waals surface area contributed by atoms with Crippen molar-refractivity contribution in [3.8, 4) is 11.5 Å². The summed E-state index contributed by atoms with van der Waals surface area (Å²) in [7, 11) is 0. The van der Waals surface area contributed by atoms with Gasteiger partial charge < -0.3 is 14.4 Å². The second-order valence-electron chi connectivity index (χ2n) is 7.63. The number of carbonyl (C=O) groups is 1. The number of amides is 1. The molecule has 168 valence electrons. The lowest BCUT2D eigenvalue weighted by atomic mass is 10.1. The Morgan fingerprint density at radius 2 is 1.84 bits per heavy atom. The second kappa shape index (κ2) is 10.9. The summed E-state index contributed by atoms with van der Waals surface area (Å²) >= 11 is 3.33. The molecule has 2 aromatic carbocycles. The van der Waals surface area contributed by atoms with Crippen LogP contribution in [0.3, 0.4) is 0 Å². The number of carbonyl (C=O) groups excluding carboxylic acids is 1. The first kappa shape index (κ1) is 22.7. The van der Waals surface area contributed by atoms with E-state index in [1.54, 1.807) is 23.1 Å². The molecular weight excluding hydrogens is 440 g/mol. The van der Waals surface area contributed by atoms with E-state index in [1.165, 1.54) is 0 Å². The van der Waals surface area contributed by atoms with Crippen LogP contribution in [0, 0.1) is 6.92 Å². The first-order valence-corrected chi connectivity index (χ1v) is 12.8. The number of thioether (sulfide) groups is 1. The third kappa shape index (κ3) is 5.64. The van der Waals surface area contributed by atoms with Crippen molar-refractivity contribution in [1.82, 2.24) is 9.88 Å². The quantitative estimate of drug-likeness (QED) is 0.390. The van der Waals surface area contributed by atoms with Gasteiger partial charge in [-0.2, -0.15) is 0 Å². The van der Waals surface area contributed by atoms with Gasteiger partial charge in [-0.15, -0.1) is 23.1 Å². The first-order valence-electron chi connectivity index (χ1n) is 10.9. The SMILES string of the molecule is CCOc1ccccc1OC1CCN(C(=O)c2ccccc2SCc2csc(C)n2)CC1. The Bertz CT molecular complexity index is 1040. The van der Waals surface area contributed by atoms with Gasteiger partial charge >= 0.3 is 0 Å². The molecule has 1 aromatic heterocycles. The van der Waals surface area contributed by atoms with Gasteiger partial charge in [-0.3, -0.25) is 4.79 Å². The molecule has 4 rings (SSSR count). The van der Waals surface area contributed by atoms with Gasteiger partial charge in [0.25, 0.3) is 5.91 Å². The number of likely N-dealkylation sites (tertiary alicyclic amines) is 1. The molecule has 5 nitrogen and oxygen atoms in total. The summed E-state index contributed by atoms with van der Waals surface area (Å²) in [6, 6.07) is 15.7. The van der Waals surface area contributed by atoms with Gasteiger partial charge in [0.1, 0.15) is 6.10 Å². The second-order valence-corrected chi connectivity index (χ2v) is 9.71. The Morgan fingerprint density at radius 1 is 1.12 bits per heavy atom. The predicted octanol–water partition coefficient (Wildman–Crippen LogP) is 5.83. The average Bonchev–Trinajstić information content (AvgIpc) is 3.24. The largest absolute Gasteiger partial charge is 0.490 e. The maximum Gasteiger partial charge on any atom is 0.254 e. The Morgan fingerprint density at radius 3 is 2.56 bits per heavy atom. The number of piperidine rings is 1. The zero-order valence-electron chi connectivity index (χ0n) is 18.5. The van der Waals surface area contributed by atoms with Gasteiger partial charge in [0.2, 0.25) is 0 Å². The van der Waals surface area contributed by atoms with Crippen molar-refractivity contribution >= 4 is 29.0 Å². The summed E-state index contributed by atoms with van der Waals surface area (Å²) < 4.78 is 11.9. The zero-order chi connectivity index (χ0) is 22.3. The van der Waals surface area contributed by atoms with E-state index in [0.717, 1.165) is 51.3 Å². The van der Waals surface area contributed by atoms with Gasteiger partial charge in [0.05, 0.1) is 22.9 Å². The van der Waals surface area contributed by atoms with E-state index in [9.17, 15) is 4.79 Å². The molecule has 2 heterocycles. The van der Waals surface area contributed by atoms with Crippen molar-refractivity contribution in [2.24, 2.45) is 0 Å². The summed E-state index contributed by atoms with van der Waals surface area (Å²) in [6.45, 7) is 5.95. The maximum absolute atomic E-state index is 13.3. The van der Waals surface area contributed by atoms with Crippen LogP contribution in [0.25, 0.3) is 0 Å². The zero-order valence-corrected chi connectivity index (χ0v) is 20.1. The van der Waals surface area contributed by atoms with Crippen LogP contribution in [-0.2, 0) is 5.75 Å². The summed E-state index contributed by atoms with van der Waals surface area (Å²) in [5.74, 6) is 2.41. The van der Waals surface area contributed by atoms with Crippen molar-refractivity contribution in [1.29, 1.82) is 0 Å². The van der Waals surface area contributed by atoms with Crippen LogP contribution in [0.2, 0.25) is 0 Å². The summed E-state index contributed by atoms with van der Waals surface area (Å²) in [5, 5.41) is 3.15. The van der Waals surface area contributed by atoms with Crippen LogP contribution in [0.1, 0.15) is 40.8 Å². The van der Waals surface area contributed by atoms with E-state index in [-0.39, 0.29) is 12.0 Å². The van der Waals surface area contributed by atoms with E-state index >= 15 is 0 Å². The Hall–Kier alpha value is -2.51. The number of ether oxygens (including phenoxy) is 2. The van der Waals surface area contributed by atoms with Crippen molar-refractivity contribution in [3.63, 3.8) is 0 Å². The molecule has 0 spiro atoms.